The predicted octanol–water partition coefficient (Wildman–Crippen LogP) is 2.55. The Morgan fingerprint density at radius 3 is 2.67 bits per heavy atom. The molecule has 2 nitrogen and oxygen atoms in total. The highest BCUT2D eigenvalue weighted by molar-refractivity contribution is 5.26. The molecule has 0 spiro atoms. The van der Waals surface area contributed by atoms with Gasteiger partial charge in [-0.2, -0.15) is 0 Å². The molecule has 1 aliphatic carbocycles. The molecule has 0 bridgehead atoms. The summed E-state index contributed by atoms with van der Waals surface area (Å²) in [5.41, 5.74) is 8.74. The lowest BCUT2D eigenvalue weighted by Gasteiger charge is -2.36. The number of aromatic nitrogens is 1. The van der Waals surface area contributed by atoms with E-state index in [1.165, 1.54) is 37.7 Å². The number of hydrogen-bond acceptors (Lipinski definition) is 2. The third-order valence-electron chi connectivity index (χ3n) is 3.71. The van der Waals surface area contributed by atoms with Crippen molar-refractivity contribution < 1.29 is 0 Å². The van der Waals surface area contributed by atoms with E-state index in [1.807, 2.05) is 6.20 Å². The highest BCUT2D eigenvalue weighted by Crippen LogP contribution is 2.38. The quantitative estimate of drug-likeness (QED) is 0.804. The van der Waals surface area contributed by atoms with Crippen molar-refractivity contribution in [3.05, 3.63) is 29.6 Å². The Kier molecular flexibility index (Phi) is 3.06. The van der Waals surface area contributed by atoms with Crippen molar-refractivity contribution in [1.29, 1.82) is 0 Å². The van der Waals surface area contributed by atoms with E-state index in [0.717, 1.165) is 12.2 Å². The maximum absolute atomic E-state index is 6.00. The molecule has 1 aromatic rings. The smallest absolute Gasteiger partial charge is 0.0375 e. The molecule has 2 N–H and O–H groups in total. The maximum atomic E-state index is 6.00. The minimum atomic E-state index is 0.242. The fourth-order valence-electron chi connectivity index (χ4n) is 2.71. The van der Waals surface area contributed by atoms with Crippen LogP contribution in [0.5, 0.6) is 0 Å². The van der Waals surface area contributed by atoms with Crippen LogP contribution in [0.3, 0.4) is 0 Å². The van der Waals surface area contributed by atoms with Crippen LogP contribution in [0.1, 0.15) is 43.4 Å². The first kappa shape index (κ1) is 10.6. The fourth-order valence-corrected chi connectivity index (χ4v) is 2.71. The Morgan fingerprint density at radius 1 is 1.33 bits per heavy atom. The molecule has 1 saturated carbocycles. The molecular formula is C13H20N2. The van der Waals surface area contributed by atoms with Crippen LogP contribution in [-0.4, -0.2) is 11.5 Å². The molecule has 2 heteroatoms. The molecule has 0 atom stereocenters. The molecule has 0 radical (unpaired) electrons. The van der Waals surface area contributed by atoms with Gasteiger partial charge in [-0.3, -0.25) is 4.98 Å². The summed E-state index contributed by atoms with van der Waals surface area (Å²) in [6.07, 6.45) is 8.40. The standard InChI is InChI=1S/C13H20N2/c1-11-9-12(5-8-15-11)13(10-14)6-3-2-4-7-13/h5,8-9H,2-4,6-7,10,14H2,1H3. The molecule has 2 rings (SSSR count). The second kappa shape index (κ2) is 4.31. The Bertz CT molecular complexity index is 327. The fraction of sp³-hybridized carbons (Fsp3) is 0.615. The van der Waals surface area contributed by atoms with Crippen LogP contribution >= 0.6 is 0 Å². The van der Waals surface area contributed by atoms with Crippen LogP contribution in [-0.2, 0) is 5.41 Å². The van der Waals surface area contributed by atoms with E-state index in [4.69, 9.17) is 5.73 Å². The lowest BCUT2D eigenvalue weighted by Crippen LogP contribution is -2.37. The number of aryl methyl sites for hydroxylation is 1. The molecule has 0 unspecified atom stereocenters. The third-order valence-corrected chi connectivity index (χ3v) is 3.71. The molecule has 0 aliphatic heterocycles. The van der Waals surface area contributed by atoms with Crippen molar-refractivity contribution in [3.63, 3.8) is 0 Å². The van der Waals surface area contributed by atoms with E-state index >= 15 is 0 Å². The molecule has 0 saturated heterocycles. The SMILES string of the molecule is Cc1cc(C2(CN)CCCCC2)ccn1. The van der Waals surface area contributed by atoms with Crippen molar-refractivity contribution in [2.75, 3.05) is 6.54 Å². The molecule has 1 aliphatic rings. The maximum Gasteiger partial charge on any atom is 0.0375 e. The van der Waals surface area contributed by atoms with Gasteiger partial charge >= 0.3 is 0 Å². The average molecular weight is 204 g/mol. The van der Waals surface area contributed by atoms with Gasteiger partial charge in [0.2, 0.25) is 0 Å². The third kappa shape index (κ3) is 2.05. The lowest BCUT2D eigenvalue weighted by atomic mass is 9.69. The Hall–Kier alpha value is -0.890. The highest BCUT2D eigenvalue weighted by atomic mass is 14.7. The first-order chi connectivity index (χ1) is 7.27. The Morgan fingerprint density at radius 2 is 2.07 bits per heavy atom. The molecular weight excluding hydrogens is 184 g/mol. The molecule has 15 heavy (non-hydrogen) atoms. The largest absolute Gasteiger partial charge is 0.330 e. The molecule has 82 valence electrons. The van der Waals surface area contributed by atoms with Crippen molar-refractivity contribution in [2.24, 2.45) is 5.73 Å². The van der Waals surface area contributed by atoms with E-state index in [1.54, 1.807) is 0 Å². The first-order valence-electron chi connectivity index (χ1n) is 5.90. The molecule has 0 amide bonds. The summed E-state index contributed by atoms with van der Waals surface area (Å²) >= 11 is 0. The Balaban J connectivity index is 2.32. The molecule has 0 aromatic carbocycles. The summed E-state index contributed by atoms with van der Waals surface area (Å²) in [5.74, 6) is 0. The van der Waals surface area contributed by atoms with Gasteiger partial charge < -0.3 is 5.73 Å². The summed E-state index contributed by atoms with van der Waals surface area (Å²) in [7, 11) is 0. The van der Waals surface area contributed by atoms with Gasteiger partial charge in [-0.25, -0.2) is 0 Å². The van der Waals surface area contributed by atoms with E-state index in [0.29, 0.717) is 0 Å². The zero-order chi connectivity index (χ0) is 10.7. The van der Waals surface area contributed by atoms with E-state index in [2.05, 4.69) is 24.0 Å². The second-order valence-corrected chi connectivity index (χ2v) is 4.73. The lowest BCUT2D eigenvalue weighted by molar-refractivity contribution is 0.300. The molecule has 1 fully saturated rings. The van der Waals surface area contributed by atoms with Gasteiger partial charge in [-0.05, 0) is 37.5 Å². The summed E-state index contributed by atoms with van der Waals surface area (Å²) in [6.45, 7) is 2.83. The van der Waals surface area contributed by atoms with Crippen LogP contribution in [0.2, 0.25) is 0 Å². The summed E-state index contributed by atoms with van der Waals surface area (Å²) in [6, 6.07) is 4.35. The number of hydrogen-bond donors (Lipinski definition) is 1. The van der Waals surface area contributed by atoms with Gasteiger partial charge in [-0.1, -0.05) is 19.3 Å². The van der Waals surface area contributed by atoms with Gasteiger partial charge in [0.15, 0.2) is 0 Å². The monoisotopic (exact) mass is 204 g/mol. The first-order valence-corrected chi connectivity index (χ1v) is 5.90. The summed E-state index contributed by atoms with van der Waals surface area (Å²) in [5, 5.41) is 0. The van der Waals surface area contributed by atoms with E-state index < -0.39 is 0 Å². The van der Waals surface area contributed by atoms with Gasteiger partial charge in [0.1, 0.15) is 0 Å². The zero-order valence-corrected chi connectivity index (χ0v) is 9.50. The van der Waals surface area contributed by atoms with Gasteiger partial charge in [0.25, 0.3) is 0 Å². The van der Waals surface area contributed by atoms with Gasteiger partial charge in [0.05, 0.1) is 0 Å². The van der Waals surface area contributed by atoms with Crippen molar-refractivity contribution in [2.45, 2.75) is 44.4 Å². The van der Waals surface area contributed by atoms with Gasteiger partial charge in [0, 0.05) is 23.9 Å². The topological polar surface area (TPSA) is 38.9 Å². The summed E-state index contributed by atoms with van der Waals surface area (Å²) in [4.78, 5) is 4.26. The number of rotatable bonds is 2. The molecule has 1 aromatic heterocycles. The van der Waals surface area contributed by atoms with Crippen molar-refractivity contribution in [3.8, 4) is 0 Å². The van der Waals surface area contributed by atoms with Crippen LogP contribution in [0.25, 0.3) is 0 Å². The number of nitrogens with two attached hydrogens (primary N) is 1. The van der Waals surface area contributed by atoms with Crippen molar-refractivity contribution >= 4 is 0 Å². The minimum absolute atomic E-state index is 0.242. The van der Waals surface area contributed by atoms with E-state index in [-0.39, 0.29) is 5.41 Å². The second-order valence-electron chi connectivity index (χ2n) is 4.73. The van der Waals surface area contributed by atoms with Crippen LogP contribution in [0.15, 0.2) is 18.3 Å². The number of nitrogens with zero attached hydrogens (tertiary/aromatic N) is 1. The Labute approximate surface area is 91.9 Å². The van der Waals surface area contributed by atoms with Crippen LogP contribution < -0.4 is 5.73 Å². The zero-order valence-electron chi connectivity index (χ0n) is 9.50. The minimum Gasteiger partial charge on any atom is -0.330 e. The van der Waals surface area contributed by atoms with Crippen LogP contribution in [0.4, 0.5) is 0 Å². The average Bonchev–Trinajstić information content (AvgIpc) is 2.30. The highest BCUT2D eigenvalue weighted by Gasteiger charge is 2.32. The normalized spacial score (nSPS) is 20.1. The molecule has 1 heterocycles. The summed E-state index contributed by atoms with van der Waals surface area (Å²) < 4.78 is 0. The predicted molar refractivity (Wildman–Crippen MR) is 62.8 cm³/mol. The number of pyridine rings is 1. The van der Waals surface area contributed by atoms with E-state index in [9.17, 15) is 0 Å². The van der Waals surface area contributed by atoms with Gasteiger partial charge in [-0.15, -0.1) is 0 Å². The van der Waals surface area contributed by atoms with Crippen LogP contribution in [0, 0.1) is 6.92 Å². The van der Waals surface area contributed by atoms with Crippen molar-refractivity contribution in [1.82, 2.24) is 4.98 Å².